The molecule has 1 aromatic carbocycles. The van der Waals surface area contributed by atoms with Crippen molar-refractivity contribution < 1.29 is 4.74 Å². The Morgan fingerprint density at radius 1 is 1.17 bits per heavy atom. The third-order valence-corrected chi connectivity index (χ3v) is 5.80. The third kappa shape index (κ3) is 2.68. The molecule has 24 heavy (non-hydrogen) atoms. The summed E-state index contributed by atoms with van der Waals surface area (Å²) in [7, 11) is 2.04. The first-order chi connectivity index (χ1) is 11.6. The summed E-state index contributed by atoms with van der Waals surface area (Å²) in [6.45, 7) is 8.24. The van der Waals surface area contributed by atoms with Crippen LogP contribution in [0, 0.1) is 13.8 Å². The monoisotopic (exact) mass is 325 g/mol. The highest BCUT2D eigenvalue weighted by Crippen LogP contribution is 2.35. The van der Waals surface area contributed by atoms with Gasteiger partial charge in [-0.15, -0.1) is 0 Å². The van der Waals surface area contributed by atoms with E-state index in [2.05, 4.69) is 42.0 Å². The van der Waals surface area contributed by atoms with Gasteiger partial charge in [0.1, 0.15) is 0 Å². The average molecular weight is 325 g/mol. The topological polar surface area (TPSA) is 30.3 Å². The van der Waals surface area contributed by atoms with Crippen LogP contribution in [0.1, 0.15) is 28.9 Å². The number of ether oxygens (including phenoxy) is 1. The van der Waals surface area contributed by atoms with E-state index in [0.29, 0.717) is 6.04 Å². The molecule has 1 aromatic heterocycles. The summed E-state index contributed by atoms with van der Waals surface area (Å²) >= 11 is 0. The molecular formula is C20H27N3O. The Morgan fingerprint density at radius 3 is 2.67 bits per heavy atom. The smallest absolute Gasteiger partial charge is 0.0674 e. The van der Waals surface area contributed by atoms with Crippen molar-refractivity contribution in [2.75, 3.05) is 26.3 Å². The molecule has 0 amide bonds. The minimum atomic E-state index is 0.674. The summed E-state index contributed by atoms with van der Waals surface area (Å²) in [5.41, 5.74) is 8.20. The van der Waals surface area contributed by atoms with Crippen LogP contribution in [0.2, 0.25) is 0 Å². The van der Waals surface area contributed by atoms with Crippen LogP contribution in [-0.2, 0) is 24.6 Å². The lowest BCUT2D eigenvalue weighted by Crippen LogP contribution is -2.45. The fraction of sp³-hybridized carbons (Fsp3) is 0.550. The highest BCUT2D eigenvalue weighted by atomic mass is 16.5. The van der Waals surface area contributed by atoms with Gasteiger partial charge in [0.05, 0.1) is 18.9 Å². The van der Waals surface area contributed by atoms with Gasteiger partial charge >= 0.3 is 0 Å². The van der Waals surface area contributed by atoms with Crippen LogP contribution in [0.25, 0.3) is 11.1 Å². The number of fused-ring (bicyclic) bond motifs is 1. The van der Waals surface area contributed by atoms with Crippen LogP contribution in [0.5, 0.6) is 0 Å². The number of hydrogen-bond donors (Lipinski definition) is 0. The van der Waals surface area contributed by atoms with Crippen molar-refractivity contribution >= 4 is 0 Å². The lowest BCUT2D eigenvalue weighted by molar-refractivity contribution is 0.0137. The summed E-state index contributed by atoms with van der Waals surface area (Å²) in [5.74, 6) is 0. The Hall–Kier alpha value is -1.65. The zero-order valence-corrected chi connectivity index (χ0v) is 15.0. The number of aromatic nitrogens is 2. The van der Waals surface area contributed by atoms with Crippen LogP contribution >= 0.6 is 0 Å². The SMILES string of the molecule is Cc1nn(C)c(C)c1-c1cccc2c1CCC(N1CCOCC1)C2. The lowest BCUT2D eigenvalue weighted by atomic mass is 9.82. The molecule has 0 saturated carbocycles. The molecule has 1 aliphatic heterocycles. The Morgan fingerprint density at radius 2 is 1.96 bits per heavy atom. The molecule has 128 valence electrons. The zero-order valence-electron chi connectivity index (χ0n) is 15.0. The molecule has 1 unspecified atom stereocenters. The van der Waals surface area contributed by atoms with Crippen molar-refractivity contribution in [3.05, 3.63) is 40.7 Å². The van der Waals surface area contributed by atoms with Gasteiger partial charge in [-0.25, -0.2) is 0 Å². The molecule has 0 spiro atoms. The van der Waals surface area contributed by atoms with Crippen molar-refractivity contribution in [2.45, 2.75) is 39.2 Å². The highest BCUT2D eigenvalue weighted by molar-refractivity contribution is 5.73. The molecule has 1 aliphatic carbocycles. The van der Waals surface area contributed by atoms with E-state index >= 15 is 0 Å². The maximum absolute atomic E-state index is 5.51. The standard InChI is InChI=1S/C20H27N3O/c1-14-20(15(2)22(3)21-14)19-6-4-5-16-13-17(7-8-18(16)19)23-9-11-24-12-10-23/h4-6,17H,7-13H2,1-3H3. The molecule has 1 saturated heterocycles. The highest BCUT2D eigenvalue weighted by Gasteiger charge is 2.27. The van der Waals surface area contributed by atoms with Crippen molar-refractivity contribution in [1.29, 1.82) is 0 Å². The predicted octanol–water partition coefficient (Wildman–Crippen LogP) is 2.89. The van der Waals surface area contributed by atoms with Gasteiger partial charge in [0.2, 0.25) is 0 Å². The van der Waals surface area contributed by atoms with E-state index in [4.69, 9.17) is 4.74 Å². The Bertz CT molecular complexity index is 744. The van der Waals surface area contributed by atoms with Crippen molar-refractivity contribution in [3.63, 3.8) is 0 Å². The molecule has 1 atom stereocenters. The minimum absolute atomic E-state index is 0.674. The van der Waals surface area contributed by atoms with Gasteiger partial charge < -0.3 is 4.74 Å². The van der Waals surface area contributed by atoms with Crippen molar-refractivity contribution in [2.24, 2.45) is 7.05 Å². The normalized spacial score (nSPS) is 21.7. The minimum Gasteiger partial charge on any atom is -0.379 e. The predicted molar refractivity (Wildman–Crippen MR) is 96.3 cm³/mol. The van der Waals surface area contributed by atoms with Crippen LogP contribution in [0.4, 0.5) is 0 Å². The quantitative estimate of drug-likeness (QED) is 0.850. The number of rotatable bonds is 2. The van der Waals surface area contributed by atoms with Gasteiger partial charge in [0.25, 0.3) is 0 Å². The van der Waals surface area contributed by atoms with Crippen LogP contribution in [-0.4, -0.2) is 47.0 Å². The first kappa shape index (κ1) is 15.9. The molecule has 0 N–H and O–H groups in total. The van der Waals surface area contributed by atoms with Gasteiger partial charge in [-0.3, -0.25) is 9.58 Å². The largest absolute Gasteiger partial charge is 0.379 e. The van der Waals surface area contributed by atoms with Crippen molar-refractivity contribution in [1.82, 2.24) is 14.7 Å². The molecule has 2 aliphatic rings. The van der Waals surface area contributed by atoms with Gasteiger partial charge in [-0.1, -0.05) is 18.2 Å². The van der Waals surface area contributed by atoms with E-state index in [9.17, 15) is 0 Å². The molecular weight excluding hydrogens is 298 g/mol. The molecule has 2 aromatic rings. The van der Waals surface area contributed by atoms with Gasteiger partial charge in [-0.05, 0) is 49.8 Å². The second-order valence-electron chi connectivity index (χ2n) is 7.16. The summed E-state index contributed by atoms with van der Waals surface area (Å²) in [5, 5.41) is 4.62. The lowest BCUT2D eigenvalue weighted by Gasteiger charge is -2.37. The maximum Gasteiger partial charge on any atom is 0.0674 e. The summed E-state index contributed by atoms with van der Waals surface area (Å²) in [6.07, 6.45) is 3.59. The summed E-state index contributed by atoms with van der Waals surface area (Å²) in [4.78, 5) is 2.62. The Balaban J connectivity index is 1.67. The summed E-state index contributed by atoms with van der Waals surface area (Å²) < 4.78 is 7.52. The van der Waals surface area contributed by atoms with Crippen LogP contribution < -0.4 is 0 Å². The van der Waals surface area contributed by atoms with Gasteiger partial charge in [-0.2, -0.15) is 5.10 Å². The Kier molecular flexibility index (Phi) is 4.19. The fourth-order valence-electron chi connectivity index (χ4n) is 4.44. The molecule has 2 heterocycles. The van der Waals surface area contributed by atoms with E-state index in [1.807, 2.05) is 11.7 Å². The average Bonchev–Trinajstić information content (AvgIpc) is 2.87. The van der Waals surface area contributed by atoms with E-state index in [-0.39, 0.29) is 0 Å². The second kappa shape index (κ2) is 6.34. The van der Waals surface area contributed by atoms with E-state index in [1.54, 1.807) is 5.56 Å². The number of aryl methyl sites for hydroxylation is 2. The van der Waals surface area contributed by atoms with Crippen molar-refractivity contribution in [3.8, 4) is 11.1 Å². The maximum atomic E-state index is 5.51. The zero-order chi connectivity index (χ0) is 16.7. The first-order valence-electron chi connectivity index (χ1n) is 9.08. The number of hydrogen-bond acceptors (Lipinski definition) is 3. The third-order valence-electron chi connectivity index (χ3n) is 5.80. The van der Waals surface area contributed by atoms with E-state index < -0.39 is 0 Å². The van der Waals surface area contributed by atoms with Gasteiger partial charge in [0, 0.05) is 37.4 Å². The fourth-order valence-corrected chi connectivity index (χ4v) is 4.44. The number of benzene rings is 1. The van der Waals surface area contributed by atoms with Crippen LogP contribution in [0.15, 0.2) is 18.2 Å². The number of morpholine rings is 1. The molecule has 4 rings (SSSR count). The van der Waals surface area contributed by atoms with Crippen LogP contribution in [0.3, 0.4) is 0 Å². The first-order valence-corrected chi connectivity index (χ1v) is 9.08. The number of nitrogens with zero attached hydrogens (tertiary/aromatic N) is 3. The molecule has 0 bridgehead atoms. The van der Waals surface area contributed by atoms with E-state index in [0.717, 1.165) is 32.0 Å². The molecule has 1 fully saturated rings. The Labute approximate surface area is 144 Å². The van der Waals surface area contributed by atoms with E-state index in [1.165, 1.54) is 41.6 Å². The molecule has 0 radical (unpaired) electrons. The molecule has 4 nitrogen and oxygen atoms in total. The second-order valence-corrected chi connectivity index (χ2v) is 7.16. The summed E-state index contributed by atoms with van der Waals surface area (Å²) in [6, 6.07) is 7.51. The molecule has 4 heteroatoms. The van der Waals surface area contributed by atoms with Gasteiger partial charge in [0.15, 0.2) is 0 Å².